The first-order chi connectivity index (χ1) is 8.77. The van der Waals surface area contributed by atoms with Crippen LogP contribution in [0, 0.1) is 18.6 Å². The van der Waals surface area contributed by atoms with Gasteiger partial charge in [0, 0.05) is 12.7 Å². The first-order valence-corrected chi connectivity index (χ1v) is 6.82. The standard InChI is InChI=1S/C11H11F2N3O2S/c1-7-15-11(19(14,17)18)6-16(7)5-8-2-3-9(12)10(13)4-8/h2-4,6H,5H2,1H3,(H2,14,17,18). The van der Waals surface area contributed by atoms with Crippen LogP contribution in [0.2, 0.25) is 0 Å². The minimum atomic E-state index is -3.88. The van der Waals surface area contributed by atoms with Gasteiger partial charge >= 0.3 is 0 Å². The summed E-state index contributed by atoms with van der Waals surface area (Å²) in [6, 6.07) is 3.47. The Kier molecular flexibility index (Phi) is 3.38. The average molecular weight is 287 g/mol. The molecule has 0 saturated carbocycles. The van der Waals surface area contributed by atoms with Gasteiger partial charge in [-0.05, 0) is 24.6 Å². The fraction of sp³-hybridized carbons (Fsp3) is 0.182. The highest BCUT2D eigenvalue weighted by molar-refractivity contribution is 7.89. The smallest absolute Gasteiger partial charge is 0.257 e. The predicted molar refractivity (Wildman–Crippen MR) is 63.8 cm³/mol. The molecule has 0 fully saturated rings. The van der Waals surface area contributed by atoms with Gasteiger partial charge in [-0.25, -0.2) is 27.3 Å². The molecule has 8 heteroatoms. The van der Waals surface area contributed by atoms with E-state index in [-0.39, 0.29) is 11.6 Å². The number of hydrogen-bond acceptors (Lipinski definition) is 3. The molecule has 0 saturated heterocycles. The molecule has 0 aliphatic rings. The van der Waals surface area contributed by atoms with Crippen molar-refractivity contribution in [3.05, 3.63) is 47.4 Å². The number of nitrogens with two attached hydrogens (primary N) is 1. The number of imidazole rings is 1. The third-order valence-electron chi connectivity index (χ3n) is 2.58. The fourth-order valence-electron chi connectivity index (χ4n) is 1.61. The Balaban J connectivity index is 2.33. The Morgan fingerprint density at radius 2 is 2.00 bits per heavy atom. The Labute approximate surface area is 108 Å². The van der Waals surface area contributed by atoms with Crippen LogP contribution in [0.4, 0.5) is 8.78 Å². The molecule has 0 aliphatic carbocycles. The third-order valence-corrected chi connectivity index (χ3v) is 3.36. The van der Waals surface area contributed by atoms with Gasteiger partial charge in [0.1, 0.15) is 5.82 Å². The number of primary sulfonamides is 1. The maximum atomic E-state index is 13.1. The van der Waals surface area contributed by atoms with Crippen molar-refractivity contribution < 1.29 is 17.2 Å². The molecular weight excluding hydrogens is 276 g/mol. The van der Waals surface area contributed by atoms with E-state index in [0.717, 1.165) is 12.1 Å². The molecule has 2 rings (SSSR count). The van der Waals surface area contributed by atoms with Crippen molar-refractivity contribution in [2.45, 2.75) is 18.5 Å². The maximum Gasteiger partial charge on any atom is 0.257 e. The number of benzene rings is 1. The summed E-state index contributed by atoms with van der Waals surface area (Å²) in [4.78, 5) is 3.80. The quantitative estimate of drug-likeness (QED) is 0.920. The highest BCUT2D eigenvalue weighted by Crippen LogP contribution is 2.13. The van der Waals surface area contributed by atoms with Crippen molar-refractivity contribution in [3.63, 3.8) is 0 Å². The highest BCUT2D eigenvalue weighted by Gasteiger charge is 2.14. The minimum Gasteiger partial charge on any atom is -0.329 e. The van der Waals surface area contributed by atoms with Crippen LogP contribution >= 0.6 is 0 Å². The molecule has 1 aromatic carbocycles. The number of sulfonamides is 1. The summed E-state index contributed by atoms with van der Waals surface area (Å²) in [5.41, 5.74) is 0.486. The zero-order valence-electron chi connectivity index (χ0n) is 9.97. The zero-order chi connectivity index (χ0) is 14.2. The van der Waals surface area contributed by atoms with Gasteiger partial charge in [-0.1, -0.05) is 6.07 Å². The molecule has 1 heterocycles. The summed E-state index contributed by atoms with van der Waals surface area (Å²) in [6.45, 7) is 1.76. The SMILES string of the molecule is Cc1nc(S(N)(=O)=O)cn1Cc1ccc(F)c(F)c1. The Morgan fingerprint density at radius 1 is 1.32 bits per heavy atom. The van der Waals surface area contributed by atoms with E-state index in [4.69, 9.17) is 5.14 Å². The summed E-state index contributed by atoms with van der Waals surface area (Å²) in [7, 11) is -3.88. The monoisotopic (exact) mass is 287 g/mol. The Hall–Kier alpha value is -1.80. The Bertz CT molecular complexity index is 726. The van der Waals surface area contributed by atoms with Crippen LogP contribution < -0.4 is 5.14 Å². The van der Waals surface area contributed by atoms with E-state index >= 15 is 0 Å². The molecule has 5 nitrogen and oxygen atoms in total. The van der Waals surface area contributed by atoms with E-state index in [9.17, 15) is 17.2 Å². The topological polar surface area (TPSA) is 78.0 Å². The summed E-state index contributed by atoms with van der Waals surface area (Å²) in [5, 5.41) is 4.71. The van der Waals surface area contributed by atoms with Gasteiger partial charge in [-0.15, -0.1) is 0 Å². The highest BCUT2D eigenvalue weighted by atomic mass is 32.2. The molecule has 0 atom stereocenters. The van der Waals surface area contributed by atoms with Crippen LogP contribution in [0.5, 0.6) is 0 Å². The van der Waals surface area contributed by atoms with E-state index in [1.807, 2.05) is 0 Å². The van der Waals surface area contributed by atoms with E-state index in [1.165, 1.54) is 16.8 Å². The van der Waals surface area contributed by atoms with Gasteiger partial charge in [0.05, 0.1) is 0 Å². The summed E-state index contributed by atoms with van der Waals surface area (Å²) < 4.78 is 49.6. The molecular formula is C11H11F2N3O2S. The van der Waals surface area contributed by atoms with Crippen LogP contribution in [-0.4, -0.2) is 18.0 Å². The summed E-state index contributed by atoms with van der Waals surface area (Å²) in [6.07, 6.45) is 1.26. The van der Waals surface area contributed by atoms with Crippen LogP contribution in [0.25, 0.3) is 0 Å². The van der Waals surface area contributed by atoms with Crippen molar-refractivity contribution >= 4 is 10.0 Å². The Morgan fingerprint density at radius 3 is 2.53 bits per heavy atom. The number of nitrogens with zero attached hydrogens (tertiary/aromatic N) is 2. The lowest BCUT2D eigenvalue weighted by atomic mass is 10.2. The second kappa shape index (κ2) is 4.71. The first-order valence-electron chi connectivity index (χ1n) is 5.28. The zero-order valence-corrected chi connectivity index (χ0v) is 10.8. The molecule has 1 aromatic heterocycles. The van der Waals surface area contributed by atoms with Crippen LogP contribution in [0.3, 0.4) is 0 Å². The van der Waals surface area contributed by atoms with E-state index in [0.29, 0.717) is 11.4 Å². The van der Waals surface area contributed by atoms with E-state index in [1.54, 1.807) is 6.92 Å². The maximum absolute atomic E-state index is 13.1. The molecule has 19 heavy (non-hydrogen) atoms. The molecule has 0 bridgehead atoms. The van der Waals surface area contributed by atoms with Crippen LogP contribution in [0.15, 0.2) is 29.4 Å². The second-order valence-corrected chi connectivity index (χ2v) is 5.56. The van der Waals surface area contributed by atoms with Gasteiger partial charge in [-0.3, -0.25) is 0 Å². The van der Waals surface area contributed by atoms with E-state index in [2.05, 4.69) is 4.98 Å². The molecule has 0 radical (unpaired) electrons. The van der Waals surface area contributed by atoms with Gasteiger partial charge in [0.15, 0.2) is 16.7 Å². The molecule has 2 aromatic rings. The lowest BCUT2D eigenvalue weighted by molar-refractivity contribution is 0.506. The third kappa shape index (κ3) is 2.96. The van der Waals surface area contributed by atoms with Gasteiger partial charge in [0.2, 0.25) is 0 Å². The van der Waals surface area contributed by atoms with Crippen molar-refractivity contribution in [2.24, 2.45) is 5.14 Å². The largest absolute Gasteiger partial charge is 0.329 e. The molecule has 0 aliphatic heterocycles. The number of hydrogen-bond donors (Lipinski definition) is 1. The molecule has 102 valence electrons. The number of aryl methyl sites for hydroxylation is 1. The van der Waals surface area contributed by atoms with Gasteiger partial charge in [-0.2, -0.15) is 0 Å². The summed E-state index contributed by atoms with van der Waals surface area (Å²) in [5.74, 6) is -1.48. The van der Waals surface area contributed by atoms with Crippen molar-refractivity contribution in [1.29, 1.82) is 0 Å². The van der Waals surface area contributed by atoms with Crippen molar-refractivity contribution in [2.75, 3.05) is 0 Å². The number of halogens is 2. The normalized spacial score (nSPS) is 11.8. The van der Waals surface area contributed by atoms with E-state index < -0.39 is 21.7 Å². The molecule has 0 spiro atoms. The molecule has 0 unspecified atom stereocenters. The second-order valence-electron chi connectivity index (χ2n) is 4.05. The van der Waals surface area contributed by atoms with Gasteiger partial charge in [0.25, 0.3) is 10.0 Å². The predicted octanol–water partition coefficient (Wildman–Crippen LogP) is 1.17. The average Bonchev–Trinajstić information content (AvgIpc) is 2.65. The molecule has 2 N–H and O–H groups in total. The lowest BCUT2D eigenvalue weighted by Gasteiger charge is -2.05. The number of rotatable bonds is 3. The number of aromatic nitrogens is 2. The first kappa shape index (κ1) is 13.6. The minimum absolute atomic E-state index is 0.172. The fourth-order valence-corrected chi connectivity index (χ4v) is 2.14. The van der Waals surface area contributed by atoms with Crippen LogP contribution in [-0.2, 0) is 16.6 Å². The van der Waals surface area contributed by atoms with Gasteiger partial charge < -0.3 is 4.57 Å². The summed E-state index contributed by atoms with van der Waals surface area (Å²) >= 11 is 0. The molecule has 0 amide bonds. The lowest BCUT2D eigenvalue weighted by Crippen LogP contribution is -2.12. The van der Waals surface area contributed by atoms with Crippen LogP contribution in [0.1, 0.15) is 11.4 Å². The van der Waals surface area contributed by atoms with Crippen molar-refractivity contribution in [1.82, 2.24) is 9.55 Å². The van der Waals surface area contributed by atoms with Crippen molar-refractivity contribution in [3.8, 4) is 0 Å².